The van der Waals surface area contributed by atoms with Gasteiger partial charge in [0, 0.05) is 5.02 Å². The molecule has 0 aliphatic heterocycles. The predicted molar refractivity (Wildman–Crippen MR) is 45.2 cm³/mol. The highest BCUT2D eigenvalue weighted by atomic mass is 35.5. The second-order valence-corrected chi connectivity index (χ2v) is 3.18. The molecule has 1 N–H and O–H groups in total. The lowest BCUT2D eigenvalue weighted by Gasteiger charge is -2.12. The SMILES string of the molecule is OCC(F)(F)c1cc(Cl)cc(Cl)n1. The van der Waals surface area contributed by atoms with Crippen LogP contribution in [0.1, 0.15) is 5.69 Å². The van der Waals surface area contributed by atoms with Crippen molar-refractivity contribution < 1.29 is 13.9 Å². The van der Waals surface area contributed by atoms with E-state index in [1.165, 1.54) is 6.07 Å². The normalized spacial score (nSPS) is 11.8. The number of pyridine rings is 1. The molecule has 6 heteroatoms. The Hall–Kier alpha value is -0.450. The summed E-state index contributed by atoms with van der Waals surface area (Å²) in [6, 6.07) is 2.20. The Morgan fingerprint density at radius 3 is 2.46 bits per heavy atom. The minimum absolute atomic E-state index is 0.0584. The minimum Gasteiger partial charge on any atom is -0.390 e. The molecule has 13 heavy (non-hydrogen) atoms. The number of alkyl halides is 2. The summed E-state index contributed by atoms with van der Waals surface area (Å²) in [5.74, 6) is -3.41. The van der Waals surface area contributed by atoms with Crippen LogP contribution in [0.15, 0.2) is 12.1 Å². The van der Waals surface area contributed by atoms with Crippen LogP contribution in [0, 0.1) is 0 Å². The van der Waals surface area contributed by atoms with E-state index in [-0.39, 0.29) is 10.2 Å². The van der Waals surface area contributed by atoms with Crippen molar-refractivity contribution >= 4 is 23.2 Å². The first kappa shape index (κ1) is 10.6. The van der Waals surface area contributed by atoms with Crippen LogP contribution in [0.3, 0.4) is 0 Å². The van der Waals surface area contributed by atoms with Gasteiger partial charge in [0.25, 0.3) is 0 Å². The molecule has 0 amide bonds. The summed E-state index contributed by atoms with van der Waals surface area (Å²) in [7, 11) is 0. The summed E-state index contributed by atoms with van der Waals surface area (Å²) >= 11 is 10.9. The second kappa shape index (κ2) is 3.74. The molecule has 0 radical (unpaired) electrons. The lowest BCUT2D eigenvalue weighted by Crippen LogP contribution is -2.20. The third-order valence-electron chi connectivity index (χ3n) is 1.33. The summed E-state index contributed by atoms with van der Waals surface area (Å²) in [4.78, 5) is 3.35. The zero-order valence-corrected chi connectivity index (χ0v) is 7.78. The Kier molecular flexibility index (Phi) is 3.05. The van der Waals surface area contributed by atoms with Crippen molar-refractivity contribution in [3.63, 3.8) is 0 Å². The lowest BCUT2D eigenvalue weighted by molar-refractivity contribution is -0.0592. The van der Waals surface area contributed by atoms with Gasteiger partial charge in [-0.25, -0.2) is 4.98 Å². The standard InChI is InChI=1S/C7H5Cl2F2NO/c8-4-1-5(7(10,11)3-13)12-6(9)2-4/h1-2,13H,3H2. The van der Waals surface area contributed by atoms with Crippen molar-refractivity contribution in [2.75, 3.05) is 6.61 Å². The minimum atomic E-state index is -3.41. The van der Waals surface area contributed by atoms with E-state index in [1.54, 1.807) is 0 Å². The fourth-order valence-electron chi connectivity index (χ4n) is 0.734. The molecule has 1 aromatic rings. The number of aliphatic hydroxyl groups is 1. The molecule has 1 rings (SSSR count). The molecule has 0 saturated carbocycles. The first-order valence-electron chi connectivity index (χ1n) is 3.28. The summed E-state index contributed by atoms with van der Waals surface area (Å²) in [5, 5.41) is 8.28. The fraction of sp³-hybridized carbons (Fsp3) is 0.286. The number of aromatic nitrogens is 1. The van der Waals surface area contributed by atoms with Gasteiger partial charge in [0.1, 0.15) is 17.5 Å². The number of hydrogen-bond acceptors (Lipinski definition) is 2. The highest BCUT2D eigenvalue weighted by molar-refractivity contribution is 6.33. The maximum Gasteiger partial charge on any atom is 0.312 e. The predicted octanol–water partition coefficient (Wildman–Crippen LogP) is 2.47. The average molecular weight is 228 g/mol. The van der Waals surface area contributed by atoms with Crippen LogP contribution >= 0.6 is 23.2 Å². The lowest BCUT2D eigenvalue weighted by atomic mass is 10.2. The summed E-state index contributed by atoms with van der Waals surface area (Å²) in [6.07, 6.45) is 0. The van der Waals surface area contributed by atoms with E-state index in [1.807, 2.05) is 0 Å². The Morgan fingerprint density at radius 2 is 2.00 bits per heavy atom. The molecule has 0 bridgehead atoms. The van der Waals surface area contributed by atoms with E-state index >= 15 is 0 Å². The third-order valence-corrected chi connectivity index (χ3v) is 1.74. The van der Waals surface area contributed by atoms with E-state index in [0.717, 1.165) is 6.07 Å². The molecule has 0 aliphatic rings. The molecule has 0 saturated heterocycles. The van der Waals surface area contributed by atoms with Gasteiger partial charge in [0.05, 0.1) is 0 Å². The second-order valence-electron chi connectivity index (χ2n) is 2.36. The van der Waals surface area contributed by atoms with Gasteiger partial charge in [-0.15, -0.1) is 0 Å². The van der Waals surface area contributed by atoms with Gasteiger partial charge >= 0.3 is 5.92 Å². The third kappa shape index (κ3) is 2.49. The van der Waals surface area contributed by atoms with E-state index < -0.39 is 18.2 Å². The zero-order valence-electron chi connectivity index (χ0n) is 6.27. The molecule has 0 unspecified atom stereocenters. The topological polar surface area (TPSA) is 33.1 Å². The van der Waals surface area contributed by atoms with Gasteiger partial charge in [-0.1, -0.05) is 23.2 Å². The highest BCUT2D eigenvalue weighted by Gasteiger charge is 2.32. The van der Waals surface area contributed by atoms with Crippen LogP contribution in [-0.4, -0.2) is 16.7 Å². The Balaban J connectivity index is 3.15. The summed E-state index contributed by atoms with van der Waals surface area (Å²) in [6.45, 7) is -1.32. The average Bonchev–Trinajstić information content (AvgIpc) is 2.02. The smallest absolute Gasteiger partial charge is 0.312 e. The quantitative estimate of drug-likeness (QED) is 0.788. The molecule has 1 heterocycles. The molecule has 1 aromatic heterocycles. The van der Waals surface area contributed by atoms with Crippen molar-refractivity contribution in [2.45, 2.75) is 5.92 Å². The van der Waals surface area contributed by atoms with Crippen LogP contribution in [0.5, 0.6) is 0 Å². The van der Waals surface area contributed by atoms with Crippen molar-refractivity contribution in [1.29, 1.82) is 0 Å². The van der Waals surface area contributed by atoms with Gasteiger partial charge in [-0.05, 0) is 12.1 Å². The number of aliphatic hydroxyl groups excluding tert-OH is 1. The number of hydrogen-bond donors (Lipinski definition) is 1. The first-order chi connectivity index (χ1) is 5.95. The van der Waals surface area contributed by atoms with Crippen molar-refractivity contribution in [2.24, 2.45) is 0 Å². The molecule has 0 aliphatic carbocycles. The molecule has 0 atom stereocenters. The van der Waals surface area contributed by atoms with Crippen LogP contribution in [0.4, 0.5) is 8.78 Å². The Bertz CT molecular complexity index is 299. The fourth-order valence-corrected chi connectivity index (χ4v) is 1.21. The maximum absolute atomic E-state index is 12.8. The monoisotopic (exact) mass is 227 g/mol. The Labute approximate surface area is 83.1 Å². The van der Waals surface area contributed by atoms with E-state index in [0.29, 0.717) is 0 Å². The van der Waals surface area contributed by atoms with E-state index in [9.17, 15) is 8.78 Å². The molecule has 0 spiro atoms. The molecule has 0 fully saturated rings. The molecular weight excluding hydrogens is 223 g/mol. The highest BCUT2D eigenvalue weighted by Crippen LogP contribution is 2.28. The van der Waals surface area contributed by atoms with E-state index in [4.69, 9.17) is 28.3 Å². The summed E-state index contributed by atoms with van der Waals surface area (Å²) in [5.41, 5.74) is -0.632. The van der Waals surface area contributed by atoms with Crippen LogP contribution in [-0.2, 0) is 5.92 Å². The Morgan fingerprint density at radius 1 is 1.38 bits per heavy atom. The van der Waals surface area contributed by atoms with Crippen molar-refractivity contribution in [1.82, 2.24) is 4.98 Å². The largest absolute Gasteiger partial charge is 0.390 e. The van der Waals surface area contributed by atoms with Gasteiger partial charge < -0.3 is 5.11 Å². The van der Waals surface area contributed by atoms with E-state index in [2.05, 4.69) is 4.98 Å². The van der Waals surface area contributed by atoms with Gasteiger partial charge in [-0.3, -0.25) is 0 Å². The zero-order chi connectivity index (χ0) is 10.1. The van der Waals surface area contributed by atoms with Gasteiger partial charge in [-0.2, -0.15) is 8.78 Å². The first-order valence-corrected chi connectivity index (χ1v) is 4.03. The van der Waals surface area contributed by atoms with Gasteiger partial charge in [0.2, 0.25) is 0 Å². The van der Waals surface area contributed by atoms with Crippen molar-refractivity contribution in [3.8, 4) is 0 Å². The molecular formula is C7H5Cl2F2NO. The molecule has 2 nitrogen and oxygen atoms in total. The molecule has 72 valence electrons. The maximum atomic E-state index is 12.8. The molecule has 0 aromatic carbocycles. The number of rotatable bonds is 2. The van der Waals surface area contributed by atoms with Gasteiger partial charge in [0.15, 0.2) is 0 Å². The van der Waals surface area contributed by atoms with Crippen LogP contribution < -0.4 is 0 Å². The van der Waals surface area contributed by atoms with Crippen molar-refractivity contribution in [3.05, 3.63) is 28.0 Å². The number of nitrogens with zero attached hydrogens (tertiary/aromatic N) is 1. The summed E-state index contributed by atoms with van der Waals surface area (Å²) < 4.78 is 25.6. The van der Waals surface area contributed by atoms with Crippen LogP contribution in [0.25, 0.3) is 0 Å². The van der Waals surface area contributed by atoms with Crippen LogP contribution in [0.2, 0.25) is 10.2 Å². The number of halogens is 4.